The summed E-state index contributed by atoms with van der Waals surface area (Å²) in [7, 11) is 0. The maximum Gasteiger partial charge on any atom is 0.230 e. The van der Waals surface area contributed by atoms with E-state index in [1.807, 2.05) is 17.5 Å². The third-order valence-corrected chi connectivity index (χ3v) is 5.36. The van der Waals surface area contributed by atoms with Crippen molar-refractivity contribution in [3.8, 4) is 0 Å². The average molecular weight is 368 g/mol. The Morgan fingerprint density at radius 1 is 1.38 bits per heavy atom. The summed E-state index contributed by atoms with van der Waals surface area (Å²) >= 11 is 3.04. The molecule has 2 rings (SSSR count). The van der Waals surface area contributed by atoms with E-state index < -0.39 is 0 Å². The van der Waals surface area contributed by atoms with Gasteiger partial charge in [-0.05, 0) is 41.1 Å². The van der Waals surface area contributed by atoms with Crippen molar-refractivity contribution in [3.63, 3.8) is 0 Å². The Labute approximate surface area is 151 Å². The molecular formula is C16H25N5OS2. The van der Waals surface area contributed by atoms with E-state index in [1.54, 1.807) is 16.0 Å². The minimum absolute atomic E-state index is 0.0303. The van der Waals surface area contributed by atoms with Crippen molar-refractivity contribution in [1.82, 2.24) is 25.5 Å². The lowest BCUT2D eigenvalue weighted by Crippen LogP contribution is -2.33. The number of nitrogens with zero attached hydrogens (tertiary/aromatic N) is 4. The molecule has 132 valence electrons. The highest BCUT2D eigenvalue weighted by atomic mass is 32.2. The third kappa shape index (κ3) is 6.60. The van der Waals surface area contributed by atoms with Gasteiger partial charge in [0.25, 0.3) is 0 Å². The molecule has 24 heavy (non-hydrogen) atoms. The quantitative estimate of drug-likeness (QED) is 0.653. The van der Waals surface area contributed by atoms with Gasteiger partial charge in [0, 0.05) is 10.9 Å². The van der Waals surface area contributed by atoms with E-state index in [4.69, 9.17) is 0 Å². The number of tetrazole rings is 1. The molecule has 1 N–H and O–H groups in total. The number of nitrogens with one attached hydrogen (secondary N) is 1. The van der Waals surface area contributed by atoms with E-state index in [9.17, 15) is 4.79 Å². The van der Waals surface area contributed by atoms with Crippen LogP contribution in [0.1, 0.15) is 44.9 Å². The summed E-state index contributed by atoms with van der Waals surface area (Å²) in [4.78, 5) is 13.3. The van der Waals surface area contributed by atoms with Gasteiger partial charge < -0.3 is 5.32 Å². The molecule has 0 fully saturated rings. The number of rotatable bonds is 10. The lowest BCUT2D eigenvalue weighted by Gasteiger charge is -2.14. The zero-order chi connectivity index (χ0) is 17.4. The topological polar surface area (TPSA) is 72.7 Å². The third-order valence-electron chi connectivity index (χ3n) is 3.54. The Hall–Kier alpha value is -1.41. The number of thiophene rings is 1. The van der Waals surface area contributed by atoms with Crippen LogP contribution in [0.25, 0.3) is 0 Å². The first-order chi connectivity index (χ1) is 11.5. The Morgan fingerprint density at radius 2 is 2.21 bits per heavy atom. The van der Waals surface area contributed by atoms with Gasteiger partial charge in [-0.1, -0.05) is 44.5 Å². The number of carbonyl (C=O) groups excluding carboxylic acids is 1. The minimum atomic E-state index is 0.0303. The number of amides is 1. The fraction of sp³-hybridized carbons (Fsp3) is 0.625. The second-order valence-corrected chi connectivity index (χ2v) is 8.26. The largest absolute Gasteiger partial charge is 0.353 e. The lowest BCUT2D eigenvalue weighted by molar-refractivity contribution is -0.119. The average Bonchev–Trinajstić information content (AvgIpc) is 3.17. The molecule has 0 aromatic carbocycles. The van der Waals surface area contributed by atoms with Crippen molar-refractivity contribution in [2.24, 2.45) is 5.92 Å². The number of hydrogen-bond acceptors (Lipinski definition) is 6. The van der Waals surface area contributed by atoms with Gasteiger partial charge in [-0.3, -0.25) is 4.79 Å². The van der Waals surface area contributed by atoms with E-state index in [-0.39, 0.29) is 11.9 Å². The van der Waals surface area contributed by atoms with Crippen molar-refractivity contribution in [2.45, 2.75) is 57.8 Å². The molecule has 1 unspecified atom stereocenters. The molecule has 2 aromatic rings. The van der Waals surface area contributed by atoms with Gasteiger partial charge in [-0.2, -0.15) is 0 Å². The second-order valence-electron chi connectivity index (χ2n) is 6.28. The van der Waals surface area contributed by atoms with E-state index in [1.165, 1.54) is 23.1 Å². The van der Waals surface area contributed by atoms with Gasteiger partial charge in [0.05, 0.1) is 12.3 Å². The van der Waals surface area contributed by atoms with Crippen LogP contribution in [0.5, 0.6) is 0 Å². The fourth-order valence-corrected chi connectivity index (χ4v) is 3.67. The lowest BCUT2D eigenvalue weighted by atomic mass is 10.0. The van der Waals surface area contributed by atoms with Crippen LogP contribution in [0.2, 0.25) is 0 Å². The second kappa shape index (κ2) is 9.78. The molecule has 1 amide bonds. The molecule has 0 radical (unpaired) electrons. The van der Waals surface area contributed by atoms with Crippen LogP contribution in [0.4, 0.5) is 0 Å². The maximum absolute atomic E-state index is 12.1. The van der Waals surface area contributed by atoms with Crippen molar-refractivity contribution < 1.29 is 4.79 Å². The van der Waals surface area contributed by atoms with Crippen LogP contribution < -0.4 is 5.32 Å². The fourth-order valence-electron chi connectivity index (χ4n) is 2.30. The normalized spacial score (nSPS) is 12.5. The summed E-state index contributed by atoms with van der Waals surface area (Å²) < 4.78 is 1.73. The zero-order valence-corrected chi connectivity index (χ0v) is 16.1. The SMILES string of the molecule is CC(C)CCCC(C)NC(=O)CSc1nnnn1Cc1cccs1. The summed E-state index contributed by atoms with van der Waals surface area (Å²) in [6.45, 7) is 7.14. The van der Waals surface area contributed by atoms with Gasteiger partial charge in [0.2, 0.25) is 11.1 Å². The van der Waals surface area contributed by atoms with Crippen LogP contribution in [0, 0.1) is 5.92 Å². The highest BCUT2D eigenvalue weighted by molar-refractivity contribution is 7.99. The van der Waals surface area contributed by atoms with Crippen molar-refractivity contribution in [1.29, 1.82) is 0 Å². The molecule has 8 heteroatoms. The van der Waals surface area contributed by atoms with Crippen LogP contribution in [0.3, 0.4) is 0 Å². The molecule has 2 heterocycles. The summed E-state index contributed by atoms with van der Waals surface area (Å²) in [5, 5.41) is 17.5. The van der Waals surface area contributed by atoms with Crippen LogP contribution in [-0.2, 0) is 11.3 Å². The summed E-state index contributed by atoms with van der Waals surface area (Å²) in [6.07, 6.45) is 3.36. The molecule has 1 atom stereocenters. The molecule has 0 spiro atoms. The van der Waals surface area contributed by atoms with E-state index in [2.05, 4.69) is 41.6 Å². The Bertz CT molecular complexity index is 612. The summed E-state index contributed by atoms with van der Waals surface area (Å²) in [5.41, 5.74) is 0. The predicted octanol–water partition coefficient (Wildman–Crippen LogP) is 3.21. The Balaban J connectivity index is 1.73. The van der Waals surface area contributed by atoms with E-state index in [0.717, 1.165) is 12.8 Å². The Morgan fingerprint density at radius 3 is 2.92 bits per heavy atom. The molecule has 6 nitrogen and oxygen atoms in total. The molecule has 0 saturated carbocycles. The van der Waals surface area contributed by atoms with E-state index in [0.29, 0.717) is 23.4 Å². The van der Waals surface area contributed by atoms with E-state index >= 15 is 0 Å². The van der Waals surface area contributed by atoms with Crippen LogP contribution in [-0.4, -0.2) is 37.9 Å². The molecule has 0 aliphatic rings. The minimum Gasteiger partial charge on any atom is -0.353 e. The molecular weight excluding hydrogens is 342 g/mol. The van der Waals surface area contributed by atoms with Crippen molar-refractivity contribution in [3.05, 3.63) is 22.4 Å². The van der Waals surface area contributed by atoms with Gasteiger partial charge in [0.15, 0.2) is 0 Å². The van der Waals surface area contributed by atoms with Gasteiger partial charge in [-0.15, -0.1) is 16.4 Å². The monoisotopic (exact) mass is 367 g/mol. The smallest absolute Gasteiger partial charge is 0.230 e. The number of carbonyl (C=O) groups is 1. The number of aromatic nitrogens is 4. The van der Waals surface area contributed by atoms with Crippen molar-refractivity contribution in [2.75, 3.05) is 5.75 Å². The number of thioether (sulfide) groups is 1. The summed E-state index contributed by atoms with van der Waals surface area (Å²) in [5.74, 6) is 1.08. The molecule has 2 aromatic heterocycles. The van der Waals surface area contributed by atoms with Gasteiger partial charge in [-0.25, -0.2) is 4.68 Å². The maximum atomic E-state index is 12.1. The summed E-state index contributed by atoms with van der Waals surface area (Å²) in [6, 6.07) is 4.26. The highest BCUT2D eigenvalue weighted by Gasteiger charge is 2.12. The molecule has 0 aliphatic heterocycles. The first kappa shape index (κ1) is 18.9. The molecule has 0 aliphatic carbocycles. The zero-order valence-electron chi connectivity index (χ0n) is 14.4. The first-order valence-electron chi connectivity index (χ1n) is 8.25. The van der Waals surface area contributed by atoms with Gasteiger partial charge in [0.1, 0.15) is 0 Å². The van der Waals surface area contributed by atoms with Gasteiger partial charge >= 0.3 is 0 Å². The molecule has 0 bridgehead atoms. The first-order valence-corrected chi connectivity index (χ1v) is 10.1. The standard InChI is InChI=1S/C16H25N5OS2/c1-12(2)6-4-7-13(3)17-15(22)11-24-16-18-19-20-21(16)10-14-8-5-9-23-14/h5,8-9,12-13H,4,6-7,10-11H2,1-3H3,(H,17,22). The van der Waals surface area contributed by atoms with Crippen molar-refractivity contribution >= 4 is 29.0 Å². The Kier molecular flexibility index (Phi) is 7.71. The predicted molar refractivity (Wildman–Crippen MR) is 98.3 cm³/mol. The highest BCUT2D eigenvalue weighted by Crippen LogP contribution is 2.17. The molecule has 0 saturated heterocycles. The van der Waals surface area contributed by atoms with Crippen LogP contribution in [0.15, 0.2) is 22.7 Å². The number of hydrogen-bond donors (Lipinski definition) is 1. The van der Waals surface area contributed by atoms with Crippen LogP contribution >= 0.6 is 23.1 Å².